The van der Waals surface area contributed by atoms with Crippen LogP contribution in [0.1, 0.15) is 10.4 Å². The molecule has 98 valence electrons. The minimum Gasteiger partial charge on any atom is -0.492 e. The Morgan fingerprint density at radius 3 is 2.32 bits per heavy atom. The quantitative estimate of drug-likeness (QED) is 0.886. The van der Waals surface area contributed by atoms with Gasteiger partial charge < -0.3 is 14.4 Å². The van der Waals surface area contributed by atoms with Gasteiger partial charge in [-0.3, -0.25) is 4.79 Å². The molecule has 2 rings (SSSR count). The van der Waals surface area contributed by atoms with Crippen LogP contribution in [-0.4, -0.2) is 22.2 Å². The van der Waals surface area contributed by atoms with Gasteiger partial charge in [-0.15, -0.1) is 0 Å². The molecular weight excluding hydrogens is 246 g/mol. The van der Waals surface area contributed by atoms with Gasteiger partial charge in [-0.2, -0.15) is 0 Å². The Morgan fingerprint density at radius 2 is 1.74 bits per heavy atom. The normalized spacial score (nSPS) is 10.1. The fourth-order valence-corrected chi connectivity index (χ4v) is 1.56. The summed E-state index contributed by atoms with van der Waals surface area (Å²) in [7, 11) is 0. The van der Waals surface area contributed by atoms with Crippen molar-refractivity contribution in [2.75, 3.05) is 6.61 Å². The first-order valence-electron chi connectivity index (χ1n) is 5.77. The topological polar surface area (TPSA) is 68.5 Å². The summed E-state index contributed by atoms with van der Waals surface area (Å²) in [5.41, 5.74) is 0.203. The lowest BCUT2D eigenvalue weighted by Crippen LogP contribution is -2.10. The summed E-state index contributed by atoms with van der Waals surface area (Å²) in [6.45, 7) is 1.05. The van der Waals surface area contributed by atoms with Gasteiger partial charge in [-0.1, -0.05) is 0 Å². The maximum atomic E-state index is 10.9. The summed E-state index contributed by atoms with van der Waals surface area (Å²) in [5.74, 6) is -0.342. The summed E-state index contributed by atoms with van der Waals surface area (Å²) in [6, 6.07) is 9.21. The first-order chi connectivity index (χ1) is 9.15. The first kappa shape index (κ1) is 12.9. The zero-order chi connectivity index (χ0) is 13.7. The molecule has 2 aromatic rings. The predicted molar refractivity (Wildman–Crippen MR) is 69.6 cm³/mol. The van der Waals surface area contributed by atoms with Crippen LogP contribution < -0.4 is 10.2 Å². The standard InChI is InChI=1S/C14H13NO4/c16-12-5-7-15(8-6-12)9-10-19-13-3-1-11(2-4-13)14(17)18/h1-8H,9-10H2,(H,17,18). The van der Waals surface area contributed by atoms with Crippen molar-refractivity contribution in [2.24, 2.45) is 0 Å². The molecule has 0 saturated carbocycles. The molecule has 1 heterocycles. The molecule has 5 nitrogen and oxygen atoms in total. The summed E-state index contributed by atoms with van der Waals surface area (Å²) in [6.07, 6.45) is 3.39. The van der Waals surface area contributed by atoms with Crippen LogP contribution in [0.2, 0.25) is 0 Å². The molecule has 5 heteroatoms. The molecule has 0 fully saturated rings. The van der Waals surface area contributed by atoms with Crippen molar-refractivity contribution < 1.29 is 14.6 Å². The van der Waals surface area contributed by atoms with Crippen LogP contribution in [0.5, 0.6) is 5.75 Å². The molecule has 1 N–H and O–H groups in total. The van der Waals surface area contributed by atoms with E-state index in [0.717, 1.165) is 0 Å². The average Bonchev–Trinajstić information content (AvgIpc) is 2.41. The lowest BCUT2D eigenvalue weighted by atomic mass is 10.2. The number of pyridine rings is 1. The fourth-order valence-electron chi connectivity index (χ4n) is 1.56. The fraction of sp³-hybridized carbons (Fsp3) is 0.143. The van der Waals surface area contributed by atoms with E-state index in [1.165, 1.54) is 24.3 Å². The third-order valence-corrected chi connectivity index (χ3v) is 2.58. The third-order valence-electron chi connectivity index (χ3n) is 2.58. The summed E-state index contributed by atoms with van der Waals surface area (Å²) < 4.78 is 7.32. The highest BCUT2D eigenvalue weighted by molar-refractivity contribution is 5.87. The average molecular weight is 259 g/mol. The molecule has 0 saturated heterocycles. The van der Waals surface area contributed by atoms with Crippen molar-refractivity contribution in [2.45, 2.75) is 6.54 Å². The van der Waals surface area contributed by atoms with Crippen LogP contribution in [0.15, 0.2) is 53.6 Å². The Kier molecular flexibility index (Phi) is 3.97. The highest BCUT2D eigenvalue weighted by Gasteiger charge is 2.01. The van der Waals surface area contributed by atoms with E-state index in [4.69, 9.17) is 9.84 Å². The Balaban J connectivity index is 1.87. The molecule has 1 aromatic carbocycles. The van der Waals surface area contributed by atoms with Gasteiger partial charge in [-0.25, -0.2) is 4.79 Å². The van der Waals surface area contributed by atoms with Crippen molar-refractivity contribution in [3.63, 3.8) is 0 Å². The Labute approximate surface area is 109 Å². The number of carboxylic acids is 1. The van der Waals surface area contributed by atoms with Gasteiger partial charge in [-0.05, 0) is 24.3 Å². The zero-order valence-electron chi connectivity index (χ0n) is 10.2. The number of hydrogen-bond donors (Lipinski definition) is 1. The number of aromatic nitrogens is 1. The van der Waals surface area contributed by atoms with Crippen LogP contribution >= 0.6 is 0 Å². The summed E-state index contributed by atoms with van der Waals surface area (Å²) in [5, 5.41) is 8.75. The van der Waals surface area contributed by atoms with Crippen molar-refractivity contribution in [3.05, 3.63) is 64.6 Å². The van der Waals surface area contributed by atoms with Crippen LogP contribution in [0.3, 0.4) is 0 Å². The molecule has 19 heavy (non-hydrogen) atoms. The van der Waals surface area contributed by atoms with Crippen LogP contribution in [0, 0.1) is 0 Å². The molecule has 0 spiro atoms. The van der Waals surface area contributed by atoms with Crippen molar-refractivity contribution >= 4 is 5.97 Å². The Bertz CT molecular complexity index is 596. The molecule has 0 aliphatic heterocycles. The Morgan fingerprint density at radius 1 is 1.11 bits per heavy atom. The highest BCUT2D eigenvalue weighted by Crippen LogP contribution is 2.12. The van der Waals surface area contributed by atoms with E-state index < -0.39 is 5.97 Å². The molecule has 0 aliphatic carbocycles. The van der Waals surface area contributed by atoms with Crippen molar-refractivity contribution in [3.8, 4) is 5.75 Å². The molecule has 1 aromatic heterocycles. The highest BCUT2D eigenvalue weighted by atomic mass is 16.5. The molecule has 0 unspecified atom stereocenters. The minimum absolute atomic E-state index is 0.0265. The maximum absolute atomic E-state index is 10.9. The van der Waals surface area contributed by atoms with Gasteiger partial charge in [0.1, 0.15) is 12.4 Å². The number of nitrogens with zero attached hydrogens (tertiary/aromatic N) is 1. The lowest BCUT2D eigenvalue weighted by molar-refractivity contribution is 0.0697. The van der Waals surface area contributed by atoms with E-state index >= 15 is 0 Å². The second-order valence-electron chi connectivity index (χ2n) is 3.95. The predicted octanol–water partition coefficient (Wildman–Crippen LogP) is 1.63. The summed E-state index contributed by atoms with van der Waals surface area (Å²) >= 11 is 0. The molecule has 0 amide bonds. The smallest absolute Gasteiger partial charge is 0.335 e. The van der Waals surface area contributed by atoms with Gasteiger partial charge in [0.2, 0.25) is 0 Å². The monoisotopic (exact) mass is 259 g/mol. The molecule has 0 bridgehead atoms. The van der Waals surface area contributed by atoms with Gasteiger partial charge in [0.25, 0.3) is 0 Å². The SMILES string of the molecule is O=C(O)c1ccc(OCCn2ccc(=O)cc2)cc1. The number of benzene rings is 1. The number of carbonyl (C=O) groups is 1. The molecule has 0 aliphatic rings. The van der Waals surface area contributed by atoms with E-state index in [0.29, 0.717) is 18.9 Å². The van der Waals surface area contributed by atoms with E-state index in [2.05, 4.69) is 0 Å². The van der Waals surface area contributed by atoms with Gasteiger partial charge in [0.15, 0.2) is 5.43 Å². The van der Waals surface area contributed by atoms with E-state index in [-0.39, 0.29) is 11.0 Å². The number of aromatic carboxylic acids is 1. The molecular formula is C14H13NO4. The number of hydrogen-bond acceptors (Lipinski definition) is 3. The van der Waals surface area contributed by atoms with E-state index in [1.807, 2.05) is 4.57 Å². The second-order valence-corrected chi connectivity index (χ2v) is 3.95. The number of carboxylic acid groups (broad SMARTS) is 1. The van der Waals surface area contributed by atoms with Gasteiger partial charge >= 0.3 is 5.97 Å². The summed E-state index contributed by atoms with van der Waals surface area (Å²) in [4.78, 5) is 21.6. The number of ether oxygens (including phenoxy) is 1. The van der Waals surface area contributed by atoms with Gasteiger partial charge in [0.05, 0.1) is 12.1 Å². The second kappa shape index (κ2) is 5.86. The van der Waals surface area contributed by atoms with Gasteiger partial charge in [0, 0.05) is 24.5 Å². The third kappa shape index (κ3) is 3.70. The van der Waals surface area contributed by atoms with Crippen LogP contribution in [0.25, 0.3) is 0 Å². The van der Waals surface area contributed by atoms with E-state index in [1.54, 1.807) is 24.5 Å². The van der Waals surface area contributed by atoms with Crippen LogP contribution in [-0.2, 0) is 6.54 Å². The van der Waals surface area contributed by atoms with Crippen LogP contribution in [0.4, 0.5) is 0 Å². The zero-order valence-corrected chi connectivity index (χ0v) is 10.2. The Hall–Kier alpha value is -2.56. The van der Waals surface area contributed by atoms with Crippen molar-refractivity contribution in [1.82, 2.24) is 4.57 Å². The van der Waals surface area contributed by atoms with Crippen molar-refractivity contribution in [1.29, 1.82) is 0 Å². The molecule has 0 radical (unpaired) electrons. The lowest BCUT2D eigenvalue weighted by Gasteiger charge is -2.08. The van der Waals surface area contributed by atoms with E-state index in [9.17, 15) is 9.59 Å². The largest absolute Gasteiger partial charge is 0.492 e. The minimum atomic E-state index is -0.959. The maximum Gasteiger partial charge on any atom is 0.335 e. The first-order valence-corrected chi connectivity index (χ1v) is 5.77. The number of rotatable bonds is 5. The molecule has 0 atom stereocenters.